The highest BCUT2D eigenvalue weighted by molar-refractivity contribution is 8.00. The van der Waals surface area contributed by atoms with Crippen molar-refractivity contribution in [2.24, 2.45) is 0 Å². The number of thiophene rings is 1. The van der Waals surface area contributed by atoms with Gasteiger partial charge in [-0.2, -0.15) is 5.26 Å². The van der Waals surface area contributed by atoms with Gasteiger partial charge in [0, 0.05) is 11.3 Å². The average Bonchev–Trinajstić information content (AvgIpc) is 3.05. The molecule has 7 heteroatoms. The third-order valence-electron chi connectivity index (χ3n) is 3.21. The van der Waals surface area contributed by atoms with Crippen LogP contribution in [0.15, 0.2) is 22.5 Å². The molecular formula is C16H18N4OS2. The van der Waals surface area contributed by atoms with Crippen molar-refractivity contribution in [2.45, 2.75) is 44.0 Å². The van der Waals surface area contributed by atoms with E-state index in [4.69, 9.17) is 0 Å². The van der Waals surface area contributed by atoms with Crippen LogP contribution < -0.4 is 5.32 Å². The van der Waals surface area contributed by atoms with Crippen LogP contribution in [0.4, 0.5) is 0 Å². The Morgan fingerprint density at radius 3 is 2.91 bits per heavy atom. The van der Waals surface area contributed by atoms with Gasteiger partial charge >= 0.3 is 0 Å². The smallest absolute Gasteiger partial charge is 0.233 e. The molecule has 0 radical (unpaired) electrons. The minimum Gasteiger partial charge on any atom is -0.350 e. The molecule has 5 nitrogen and oxygen atoms in total. The van der Waals surface area contributed by atoms with Crippen LogP contribution in [0.2, 0.25) is 0 Å². The lowest BCUT2D eigenvalue weighted by atomic mass is 10.2. The van der Waals surface area contributed by atoms with Gasteiger partial charge in [0.2, 0.25) is 5.91 Å². The molecule has 2 aromatic rings. The highest BCUT2D eigenvalue weighted by Crippen LogP contribution is 2.26. The number of nitriles is 1. The summed E-state index contributed by atoms with van der Waals surface area (Å²) in [5, 5.41) is 14.4. The van der Waals surface area contributed by atoms with Crippen LogP contribution in [0.5, 0.6) is 0 Å². The molecule has 0 saturated carbocycles. The summed E-state index contributed by atoms with van der Waals surface area (Å²) in [6.07, 6.45) is 0.694. The predicted molar refractivity (Wildman–Crippen MR) is 92.3 cm³/mol. The molecule has 0 bridgehead atoms. The van der Waals surface area contributed by atoms with Crippen LogP contribution in [0.25, 0.3) is 0 Å². The minimum atomic E-state index is -0.332. The Kier molecular flexibility index (Phi) is 6.13. The van der Waals surface area contributed by atoms with Gasteiger partial charge in [0.15, 0.2) is 0 Å². The molecule has 2 aromatic heterocycles. The molecular weight excluding hydrogens is 328 g/mol. The molecule has 0 aromatic carbocycles. The predicted octanol–water partition coefficient (Wildman–Crippen LogP) is 3.08. The normalized spacial score (nSPS) is 11.7. The van der Waals surface area contributed by atoms with Gasteiger partial charge in [0.25, 0.3) is 0 Å². The second-order valence-electron chi connectivity index (χ2n) is 4.93. The zero-order valence-corrected chi connectivity index (χ0v) is 14.9. The van der Waals surface area contributed by atoms with Crippen molar-refractivity contribution in [1.29, 1.82) is 5.26 Å². The number of amides is 1. The van der Waals surface area contributed by atoms with Crippen molar-refractivity contribution in [1.82, 2.24) is 15.3 Å². The number of nitrogens with one attached hydrogen (secondary N) is 1. The molecule has 2 rings (SSSR count). The quantitative estimate of drug-likeness (QED) is 0.642. The topological polar surface area (TPSA) is 78.7 Å². The van der Waals surface area contributed by atoms with E-state index in [0.717, 1.165) is 4.88 Å². The summed E-state index contributed by atoms with van der Waals surface area (Å²) in [6.45, 7) is 6.10. The molecule has 1 unspecified atom stereocenters. The van der Waals surface area contributed by atoms with Crippen molar-refractivity contribution in [2.75, 3.05) is 0 Å². The Balaban J connectivity index is 2.07. The molecule has 2 heterocycles. The number of carbonyl (C=O) groups is 1. The summed E-state index contributed by atoms with van der Waals surface area (Å²) < 4.78 is 0. The fourth-order valence-corrected chi connectivity index (χ4v) is 3.57. The lowest BCUT2D eigenvalue weighted by Gasteiger charge is -2.13. The Morgan fingerprint density at radius 2 is 2.30 bits per heavy atom. The van der Waals surface area contributed by atoms with E-state index in [1.165, 1.54) is 11.8 Å². The Hall–Kier alpha value is -1.91. The average molecular weight is 346 g/mol. The van der Waals surface area contributed by atoms with E-state index < -0.39 is 0 Å². The summed E-state index contributed by atoms with van der Waals surface area (Å²) in [5.41, 5.74) is 1.11. The van der Waals surface area contributed by atoms with E-state index in [1.54, 1.807) is 18.3 Å². The van der Waals surface area contributed by atoms with Gasteiger partial charge < -0.3 is 5.32 Å². The van der Waals surface area contributed by atoms with E-state index in [2.05, 4.69) is 21.4 Å². The van der Waals surface area contributed by atoms with E-state index in [9.17, 15) is 10.1 Å². The Bertz CT molecular complexity index is 722. The van der Waals surface area contributed by atoms with Gasteiger partial charge in [-0.25, -0.2) is 9.97 Å². The van der Waals surface area contributed by atoms with E-state index >= 15 is 0 Å². The molecule has 23 heavy (non-hydrogen) atoms. The summed E-state index contributed by atoms with van der Waals surface area (Å²) >= 11 is 2.91. The number of aromatic nitrogens is 2. The number of hydrogen-bond donors (Lipinski definition) is 1. The minimum absolute atomic E-state index is 0.0680. The lowest BCUT2D eigenvalue weighted by Crippen LogP contribution is -2.30. The first kappa shape index (κ1) is 17.4. The number of rotatable bonds is 6. The van der Waals surface area contributed by atoms with Gasteiger partial charge in [-0.3, -0.25) is 4.79 Å². The van der Waals surface area contributed by atoms with E-state index in [-0.39, 0.29) is 11.2 Å². The van der Waals surface area contributed by atoms with Crippen LogP contribution >= 0.6 is 23.1 Å². The zero-order valence-electron chi connectivity index (χ0n) is 13.3. The van der Waals surface area contributed by atoms with Crippen molar-refractivity contribution in [3.05, 3.63) is 39.5 Å². The second kappa shape index (κ2) is 8.09. The number of hydrogen-bond acceptors (Lipinski definition) is 6. The molecule has 1 N–H and O–H groups in total. The van der Waals surface area contributed by atoms with Crippen LogP contribution in [-0.4, -0.2) is 21.1 Å². The van der Waals surface area contributed by atoms with Crippen molar-refractivity contribution < 1.29 is 4.79 Å². The van der Waals surface area contributed by atoms with Crippen LogP contribution in [0.1, 0.15) is 35.8 Å². The molecule has 0 saturated heterocycles. The summed E-state index contributed by atoms with van der Waals surface area (Å²) in [5.74, 6) is 0.622. The van der Waals surface area contributed by atoms with Crippen molar-refractivity contribution >= 4 is 29.0 Å². The van der Waals surface area contributed by atoms with Gasteiger partial charge in [-0.15, -0.1) is 11.3 Å². The molecule has 0 aliphatic carbocycles. The molecule has 0 aliphatic rings. The zero-order chi connectivity index (χ0) is 16.8. The molecule has 0 aliphatic heterocycles. The maximum absolute atomic E-state index is 12.2. The third kappa shape index (κ3) is 4.53. The van der Waals surface area contributed by atoms with Gasteiger partial charge in [-0.1, -0.05) is 24.8 Å². The van der Waals surface area contributed by atoms with Gasteiger partial charge in [-0.05, 0) is 25.3 Å². The summed E-state index contributed by atoms with van der Waals surface area (Å²) in [6, 6.07) is 6.08. The number of aryl methyl sites for hydroxylation is 2. The van der Waals surface area contributed by atoms with Crippen molar-refractivity contribution in [3.63, 3.8) is 0 Å². The number of carbonyl (C=O) groups excluding carboxylic acids is 1. The summed E-state index contributed by atoms with van der Waals surface area (Å²) in [7, 11) is 0. The second-order valence-corrected chi connectivity index (χ2v) is 7.29. The molecule has 1 amide bonds. The maximum atomic E-state index is 12.2. The monoisotopic (exact) mass is 346 g/mol. The summed E-state index contributed by atoms with van der Waals surface area (Å²) in [4.78, 5) is 22.0. The van der Waals surface area contributed by atoms with Crippen LogP contribution in [0, 0.1) is 18.3 Å². The highest BCUT2D eigenvalue weighted by atomic mass is 32.2. The molecule has 120 valence electrons. The first-order valence-electron chi connectivity index (χ1n) is 7.29. The third-order valence-corrected chi connectivity index (χ3v) is 5.17. The SMILES string of the molecule is CCc1nc(C)c(C#N)c(SC(C)C(=O)NCc2cccs2)n1. The maximum Gasteiger partial charge on any atom is 0.233 e. The lowest BCUT2D eigenvalue weighted by molar-refractivity contribution is -0.120. The Labute approximate surface area is 144 Å². The van der Waals surface area contributed by atoms with Crippen molar-refractivity contribution in [3.8, 4) is 6.07 Å². The van der Waals surface area contributed by atoms with E-state index in [0.29, 0.717) is 35.1 Å². The number of thioether (sulfide) groups is 1. The van der Waals surface area contributed by atoms with Crippen LogP contribution in [-0.2, 0) is 17.8 Å². The molecule has 0 fully saturated rings. The number of nitrogens with zero attached hydrogens (tertiary/aromatic N) is 3. The van der Waals surface area contributed by atoms with E-state index in [1.807, 2.05) is 31.4 Å². The first-order valence-corrected chi connectivity index (χ1v) is 9.05. The molecule has 0 spiro atoms. The highest BCUT2D eigenvalue weighted by Gasteiger charge is 2.19. The fourth-order valence-electron chi connectivity index (χ4n) is 1.93. The molecule has 1 atom stereocenters. The fraction of sp³-hybridized carbons (Fsp3) is 0.375. The van der Waals surface area contributed by atoms with Gasteiger partial charge in [0.05, 0.1) is 17.5 Å². The largest absolute Gasteiger partial charge is 0.350 e. The van der Waals surface area contributed by atoms with Gasteiger partial charge in [0.1, 0.15) is 22.5 Å². The standard InChI is InChI=1S/C16H18N4OS2/c1-4-14-19-10(2)13(8-17)16(20-14)23-11(3)15(21)18-9-12-6-5-7-22-12/h5-7,11H,4,9H2,1-3H3,(H,18,21). The first-order chi connectivity index (χ1) is 11.0. The van der Waals surface area contributed by atoms with Crippen LogP contribution in [0.3, 0.4) is 0 Å². The Morgan fingerprint density at radius 1 is 1.52 bits per heavy atom.